The largest absolute Gasteiger partial charge is 0 e. The zero-order valence-electron chi connectivity index (χ0n) is 11.6. The summed E-state index contributed by atoms with van der Waals surface area (Å²) in [4.78, 5) is 0. The molecule has 0 aliphatic carbocycles. The predicted molar refractivity (Wildman–Crippen MR) is 63.8 cm³/mol. The molecule has 1 aromatic carbocycles. The summed E-state index contributed by atoms with van der Waals surface area (Å²) in [5.74, 6) is 2.24. The molecule has 1 unspecified atom stereocenters. The Morgan fingerprint density at radius 1 is 0.708 bits per heavy atom. The van der Waals surface area contributed by atoms with E-state index in [1.807, 2.05) is 18.2 Å². The molecule has 1 atom stereocenters. The van der Waals surface area contributed by atoms with Crippen molar-refractivity contribution in [1.29, 1.82) is 0 Å². The van der Waals surface area contributed by atoms with Crippen molar-refractivity contribution >= 4 is 0 Å². The number of aliphatic hydroxyl groups is 1. The van der Waals surface area contributed by atoms with Crippen LogP contribution in [0.2, 0.25) is 0 Å². The number of benzene rings is 1. The molecule has 24 heavy (non-hydrogen) atoms. The number of hydrogen-bond acceptors (Lipinski definition) is 1. The third-order valence-electron chi connectivity index (χ3n) is 1.27. The molecule has 0 aliphatic rings. The minimum atomic E-state index is -0.763. The van der Waals surface area contributed by atoms with E-state index in [9.17, 15) is 0 Å². The van der Waals surface area contributed by atoms with Gasteiger partial charge in [0.2, 0.25) is 0 Å². The average molecular weight is 418 g/mol. The fourth-order valence-corrected chi connectivity index (χ4v) is 0.732. The second kappa shape index (κ2) is 83.2. The molecular formula is C15H8Co2O7. The van der Waals surface area contributed by atoms with Crippen molar-refractivity contribution in [3.05, 3.63) is 75.8 Å². The van der Waals surface area contributed by atoms with Crippen molar-refractivity contribution in [2.75, 3.05) is 0 Å². The fraction of sp³-hybridized carbons (Fsp3) is 0.0667. The summed E-state index contributed by atoms with van der Waals surface area (Å²) in [7, 11) is 0. The van der Waals surface area contributed by atoms with Gasteiger partial charge in [0.05, 0.1) is 0 Å². The summed E-state index contributed by atoms with van der Waals surface area (Å²) >= 11 is 0. The van der Waals surface area contributed by atoms with Gasteiger partial charge in [-0.1, -0.05) is 36.3 Å². The molecule has 7 nitrogen and oxygen atoms in total. The second-order valence-corrected chi connectivity index (χ2v) is 1.98. The topological polar surface area (TPSA) is 140 Å². The minimum Gasteiger partial charge on any atom is 0 e. The van der Waals surface area contributed by atoms with E-state index in [1.54, 1.807) is 12.1 Å². The van der Waals surface area contributed by atoms with Gasteiger partial charge in [-0.2, -0.15) is 0 Å². The van der Waals surface area contributed by atoms with Gasteiger partial charge in [-0.05, 0) is 5.56 Å². The van der Waals surface area contributed by atoms with Crippen LogP contribution in [0.4, 0.5) is 0 Å². The maximum Gasteiger partial charge on any atom is 0 e. The number of rotatable bonds is 1. The van der Waals surface area contributed by atoms with E-state index in [1.165, 1.54) is 0 Å². The SMILES string of the molecule is C#CC(O)c1ccccc1.[C-]#[O+].[C-]#[O+].[C-]#[O+].[C-]#[O+].[C-]#[O+].[C-]#[O+].[Co].[Co]. The van der Waals surface area contributed by atoms with Crippen LogP contribution in [0.15, 0.2) is 30.3 Å². The standard InChI is InChI=1S/C9H8O.6CO.2Co/c1-2-9(10)8-6-4-3-5-7-8;6*1-2;;/h1,3-7,9-10H;;;;;;;;. The number of aliphatic hydroxyl groups excluding tert-OH is 1. The molecule has 0 fully saturated rings. The normalized spacial score (nSPS) is 5.50. The van der Waals surface area contributed by atoms with Crippen LogP contribution in [0, 0.1) is 52.2 Å². The zero-order valence-corrected chi connectivity index (χ0v) is 13.7. The Morgan fingerprint density at radius 3 is 1.17 bits per heavy atom. The molecule has 0 saturated heterocycles. The number of hydrogen-bond donors (Lipinski definition) is 1. The Hall–Kier alpha value is -1.81. The molecule has 1 N–H and O–H groups in total. The van der Waals surface area contributed by atoms with Gasteiger partial charge in [-0.3, -0.25) is 0 Å². The summed E-state index contributed by atoms with van der Waals surface area (Å²) in [6, 6.07) is 9.16. The molecule has 1 aromatic rings. The van der Waals surface area contributed by atoms with Crippen molar-refractivity contribution in [3.8, 4) is 12.3 Å². The van der Waals surface area contributed by atoms with Crippen LogP contribution in [-0.2, 0) is 61.5 Å². The quantitative estimate of drug-likeness (QED) is 0.408. The maximum atomic E-state index is 9.09. The molecule has 0 aliphatic heterocycles. The van der Waals surface area contributed by atoms with Crippen LogP contribution >= 0.6 is 0 Å². The van der Waals surface area contributed by atoms with E-state index in [2.05, 4.69) is 45.8 Å². The summed E-state index contributed by atoms with van der Waals surface area (Å²) in [5.41, 5.74) is 0.769. The molecule has 0 bridgehead atoms. The Bertz CT molecular complexity index is 421. The summed E-state index contributed by atoms with van der Waals surface area (Å²) in [6.07, 6.45) is 4.24. The molecule has 9 heteroatoms. The Labute approximate surface area is 160 Å². The van der Waals surface area contributed by atoms with Gasteiger partial charge in [0.1, 0.15) is 6.10 Å². The molecule has 0 aromatic heterocycles. The van der Waals surface area contributed by atoms with E-state index in [4.69, 9.17) is 39.4 Å². The molecule has 1 rings (SSSR count). The maximum absolute atomic E-state index is 9.09. The fourth-order valence-electron chi connectivity index (χ4n) is 0.732. The molecular weight excluding hydrogens is 410 g/mol. The summed E-state index contributed by atoms with van der Waals surface area (Å²) in [5, 5.41) is 9.09. The van der Waals surface area contributed by atoms with Crippen molar-refractivity contribution in [1.82, 2.24) is 0 Å². The van der Waals surface area contributed by atoms with Crippen LogP contribution in [0.5, 0.6) is 0 Å². The first-order valence-corrected chi connectivity index (χ1v) is 4.26. The van der Waals surface area contributed by atoms with Crippen LogP contribution < -0.4 is 0 Å². The van der Waals surface area contributed by atoms with Crippen LogP contribution in [-0.4, -0.2) is 5.11 Å². The third kappa shape index (κ3) is 50.0. The van der Waals surface area contributed by atoms with Crippen molar-refractivity contribution in [2.24, 2.45) is 0 Å². The van der Waals surface area contributed by atoms with Crippen LogP contribution in [0.3, 0.4) is 0 Å². The van der Waals surface area contributed by atoms with Gasteiger partial charge in [-0.15, -0.1) is 6.42 Å². The van der Waals surface area contributed by atoms with Crippen LogP contribution in [0.25, 0.3) is 0 Å². The molecule has 2 radical (unpaired) electrons. The molecule has 0 saturated carbocycles. The van der Waals surface area contributed by atoms with E-state index >= 15 is 0 Å². The van der Waals surface area contributed by atoms with Gasteiger partial charge in [-0.25, -0.2) is 0 Å². The second-order valence-electron chi connectivity index (χ2n) is 1.98. The monoisotopic (exact) mass is 418 g/mol. The Kier molecular flexibility index (Phi) is 171. The van der Waals surface area contributed by atoms with Gasteiger partial charge < -0.3 is 5.11 Å². The molecule has 0 heterocycles. The van der Waals surface area contributed by atoms with E-state index in [0.29, 0.717) is 0 Å². The van der Waals surface area contributed by atoms with E-state index < -0.39 is 6.10 Å². The first kappa shape index (κ1) is 49.5. The van der Waals surface area contributed by atoms with Gasteiger partial charge in [0, 0.05) is 33.6 Å². The van der Waals surface area contributed by atoms with Crippen molar-refractivity contribution in [2.45, 2.75) is 6.10 Å². The molecule has 128 valence electrons. The molecule has 0 amide bonds. The molecule has 0 spiro atoms. The minimum absolute atomic E-state index is 0. The van der Waals surface area contributed by atoms with Gasteiger partial charge in [0.15, 0.2) is 0 Å². The van der Waals surface area contributed by atoms with Crippen LogP contribution in [0.1, 0.15) is 11.7 Å². The number of terminal acetylenes is 1. The van der Waals surface area contributed by atoms with Gasteiger partial charge in [0.25, 0.3) is 0 Å². The third-order valence-corrected chi connectivity index (χ3v) is 1.27. The Balaban J connectivity index is -0.0000000263. The zero-order chi connectivity index (χ0) is 19.4. The first-order valence-electron chi connectivity index (χ1n) is 4.26. The van der Waals surface area contributed by atoms with E-state index in [-0.39, 0.29) is 33.6 Å². The summed E-state index contributed by atoms with van der Waals surface area (Å²) in [6.45, 7) is 27.0. The first-order chi connectivity index (χ1) is 10.8. The average Bonchev–Trinajstić information content (AvgIpc) is 2.71. The van der Waals surface area contributed by atoms with E-state index in [0.717, 1.165) is 5.56 Å². The summed E-state index contributed by atoms with van der Waals surface area (Å²) < 4.78 is 45.0. The van der Waals surface area contributed by atoms with Gasteiger partial charge >= 0.3 is 67.8 Å². The van der Waals surface area contributed by atoms with Crippen molar-refractivity contribution < 1.29 is 66.6 Å². The smallest absolute Gasteiger partial charge is 0 e. The predicted octanol–water partition coefficient (Wildman–Crippen LogP) is 1.12. The van der Waals surface area contributed by atoms with Crippen molar-refractivity contribution in [3.63, 3.8) is 0 Å². The Morgan fingerprint density at radius 2 is 0.958 bits per heavy atom.